The number of rotatable bonds is 8. The molecule has 10 nitrogen and oxygen atoms in total. The molecule has 1 aliphatic carbocycles. The van der Waals surface area contributed by atoms with Crippen LogP contribution in [0.5, 0.6) is 11.6 Å². The molecule has 0 saturated carbocycles. The second kappa shape index (κ2) is 9.63. The van der Waals surface area contributed by atoms with E-state index >= 15 is 0 Å². The number of allylic oxidation sites excluding steroid dienone is 1. The largest absolute Gasteiger partial charge is 0.497 e. The van der Waals surface area contributed by atoms with E-state index in [0.717, 1.165) is 22.3 Å². The summed E-state index contributed by atoms with van der Waals surface area (Å²) in [5.41, 5.74) is 1.63. The number of ether oxygens (including phenoxy) is 5. The van der Waals surface area contributed by atoms with Crippen molar-refractivity contribution in [3.8, 4) is 11.6 Å². The standard InChI is InChI=1S/C25H28N4O6/c1-31-19-6-4-16(5-7-19)13-35-23-20-12-26-29(18-14-34-15-18)22(20)27-21(28-23)17-8-10-25(33-3,11-9-17)24(30)32-2/h4-8,12,18H,9-11,13-15H2,1-3H3. The first-order chi connectivity index (χ1) is 17.1. The fourth-order valence-electron chi connectivity index (χ4n) is 4.33. The molecule has 0 radical (unpaired) electrons. The van der Waals surface area contributed by atoms with Crippen LogP contribution in [-0.2, 0) is 25.6 Å². The average molecular weight is 481 g/mol. The lowest BCUT2D eigenvalue weighted by Gasteiger charge is -2.32. The van der Waals surface area contributed by atoms with E-state index in [1.54, 1.807) is 13.3 Å². The van der Waals surface area contributed by atoms with Gasteiger partial charge in [0.25, 0.3) is 0 Å². The minimum absolute atomic E-state index is 0.130. The van der Waals surface area contributed by atoms with Crippen LogP contribution < -0.4 is 9.47 Å². The van der Waals surface area contributed by atoms with Gasteiger partial charge in [-0.25, -0.2) is 14.5 Å². The second-order valence-corrected chi connectivity index (χ2v) is 8.63. The van der Waals surface area contributed by atoms with Crippen molar-refractivity contribution in [3.63, 3.8) is 0 Å². The van der Waals surface area contributed by atoms with Gasteiger partial charge in [0.2, 0.25) is 5.88 Å². The van der Waals surface area contributed by atoms with Crippen molar-refractivity contribution in [3.05, 3.63) is 47.9 Å². The molecular weight excluding hydrogens is 452 g/mol. The van der Waals surface area contributed by atoms with Crippen LogP contribution in [0.25, 0.3) is 16.6 Å². The Labute approximate surface area is 202 Å². The summed E-state index contributed by atoms with van der Waals surface area (Å²) in [5.74, 6) is 1.43. The van der Waals surface area contributed by atoms with Crippen molar-refractivity contribution in [1.29, 1.82) is 0 Å². The molecule has 35 heavy (non-hydrogen) atoms. The summed E-state index contributed by atoms with van der Waals surface area (Å²) < 4.78 is 29.2. The molecule has 1 saturated heterocycles. The zero-order valence-electron chi connectivity index (χ0n) is 20.0. The number of benzene rings is 1. The fourth-order valence-corrected chi connectivity index (χ4v) is 4.33. The van der Waals surface area contributed by atoms with Gasteiger partial charge in [-0.05, 0) is 36.1 Å². The highest BCUT2D eigenvalue weighted by molar-refractivity contribution is 5.84. The van der Waals surface area contributed by atoms with Crippen LogP contribution >= 0.6 is 0 Å². The summed E-state index contributed by atoms with van der Waals surface area (Å²) >= 11 is 0. The van der Waals surface area contributed by atoms with E-state index in [1.807, 2.05) is 35.0 Å². The highest BCUT2D eigenvalue weighted by Gasteiger charge is 2.41. The van der Waals surface area contributed by atoms with Crippen LogP contribution in [0.4, 0.5) is 0 Å². The minimum atomic E-state index is -0.985. The summed E-state index contributed by atoms with van der Waals surface area (Å²) in [5, 5.41) is 5.29. The first kappa shape index (κ1) is 23.3. The highest BCUT2D eigenvalue weighted by Crippen LogP contribution is 2.37. The molecule has 3 aromatic rings. The van der Waals surface area contributed by atoms with Crippen LogP contribution in [0.15, 0.2) is 36.5 Å². The third kappa shape index (κ3) is 4.35. The smallest absolute Gasteiger partial charge is 0.338 e. The van der Waals surface area contributed by atoms with Crippen molar-refractivity contribution in [2.75, 3.05) is 34.5 Å². The third-order valence-corrected chi connectivity index (χ3v) is 6.63. The van der Waals surface area contributed by atoms with E-state index in [0.29, 0.717) is 56.4 Å². The van der Waals surface area contributed by atoms with Crippen LogP contribution in [0.2, 0.25) is 0 Å². The molecule has 184 valence electrons. The molecule has 1 aromatic carbocycles. The predicted molar refractivity (Wildman–Crippen MR) is 126 cm³/mol. The Morgan fingerprint density at radius 1 is 1.17 bits per heavy atom. The first-order valence-electron chi connectivity index (χ1n) is 11.5. The van der Waals surface area contributed by atoms with Crippen molar-refractivity contribution >= 4 is 22.6 Å². The van der Waals surface area contributed by atoms with Gasteiger partial charge in [0.05, 0.1) is 33.6 Å². The Morgan fingerprint density at radius 2 is 1.97 bits per heavy atom. The maximum atomic E-state index is 12.3. The first-order valence-corrected chi connectivity index (χ1v) is 11.5. The molecule has 1 atom stereocenters. The predicted octanol–water partition coefficient (Wildman–Crippen LogP) is 3.11. The van der Waals surface area contributed by atoms with E-state index in [2.05, 4.69) is 5.10 Å². The van der Waals surface area contributed by atoms with Crippen LogP contribution in [0.3, 0.4) is 0 Å². The SMILES string of the molecule is COC(=O)C1(OC)CC=C(c2nc(OCc3ccc(OC)cc3)c3cnn(C4COC4)c3n2)CC1. The molecule has 0 bridgehead atoms. The Hall–Kier alpha value is -3.50. The number of fused-ring (bicyclic) bond motifs is 1. The Bertz CT molecular complexity index is 1250. The van der Waals surface area contributed by atoms with Crippen LogP contribution in [-0.4, -0.2) is 65.9 Å². The maximum absolute atomic E-state index is 12.3. The van der Waals surface area contributed by atoms with Crippen molar-refractivity contribution in [2.24, 2.45) is 0 Å². The van der Waals surface area contributed by atoms with Crippen LogP contribution in [0.1, 0.15) is 36.7 Å². The maximum Gasteiger partial charge on any atom is 0.338 e. The van der Waals surface area contributed by atoms with Crippen molar-refractivity contribution in [1.82, 2.24) is 19.7 Å². The summed E-state index contributed by atoms with van der Waals surface area (Å²) in [7, 11) is 4.54. The Morgan fingerprint density at radius 3 is 2.57 bits per heavy atom. The number of aromatic nitrogens is 4. The molecule has 2 aliphatic rings. The molecule has 0 N–H and O–H groups in total. The average Bonchev–Trinajstić information content (AvgIpc) is 3.29. The minimum Gasteiger partial charge on any atom is -0.497 e. The van der Waals surface area contributed by atoms with Gasteiger partial charge in [-0.3, -0.25) is 0 Å². The van der Waals surface area contributed by atoms with Gasteiger partial charge in [-0.1, -0.05) is 18.2 Å². The topological polar surface area (TPSA) is 107 Å². The third-order valence-electron chi connectivity index (χ3n) is 6.63. The summed E-state index contributed by atoms with van der Waals surface area (Å²) in [6.07, 6.45) is 5.10. The van der Waals surface area contributed by atoms with E-state index in [9.17, 15) is 4.79 Å². The summed E-state index contributed by atoms with van der Waals surface area (Å²) in [4.78, 5) is 21.9. The molecule has 3 heterocycles. The zero-order valence-corrected chi connectivity index (χ0v) is 20.0. The van der Waals surface area contributed by atoms with E-state index in [1.165, 1.54) is 14.2 Å². The van der Waals surface area contributed by atoms with Gasteiger partial charge in [-0.2, -0.15) is 10.1 Å². The molecule has 0 amide bonds. The van der Waals surface area contributed by atoms with Gasteiger partial charge in [0.1, 0.15) is 23.8 Å². The number of hydrogen-bond acceptors (Lipinski definition) is 9. The molecule has 0 spiro atoms. The van der Waals surface area contributed by atoms with E-state index in [-0.39, 0.29) is 12.0 Å². The van der Waals surface area contributed by atoms with E-state index in [4.69, 9.17) is 33.7 Å². The molecule has 10 heteroatoms. The second-order valence-electron chi connectivity index (χ2n) is 8.63. The number of nitrogens with zero attached hydrogens (tertiary/aromatic N) is 4. The zero-order chi connectivity index (χ0) is 24.4. The molecule has 5 rings (SSSR count). The summed E-state index contributed by atoms with van der Waals surface area (Å²) in [6, 6.07) is 7.82. The normalized spacial score (nSPS) is 20.3. The van der Waals surface area contributed by atoms with Gasteiger partial charge < -0.3 is 23.7 Å². The number of hydrogen-bond donors (Lipinski definition) is 0. The van der Waals surface area contributed by atoms with Crippen molar-refractivity contribution < 1.29 is 28.5 Å². The molecule has 1 fully saturated rings. The summed E-state index contributed by atoms with van der Waals surface area (Å²) in [6.45, 7) is 1.52. The number of carbonyl (C=O) groups is 1. The number of esters is 1. The van der Waals surface area contributed by atoms with Gasteiger partial charge in [0, 0.05) is 13.5 Å². The lowest BCUT2D eigenvalue weighted by Crippen LogP contribution is -2.42. The number of methoxy groups -OCH3 is 3. The molecule has 1 unspecified atom stereocenters. The Balaban J connectivity index is 1.48. The van der Waals surface area contributed by atoms with E-state index < -0.39 is 5.60 Å². The number of carbonyl (C=O) groups excluding carboxylic acids is 1. The van der Waals surface area contributed by atoms with Gasteiger partial charge >= 0.3 is 5.97 Å². The fraction of sp³-hybridized carbons (Fsp3) is 0.440. The lowest BCUT2D eigenvalue weighted by molar-refractivity contribution is -0.166. The highest BCUT2D eigenvalue weighted by atomic mass is 16.6. The quantitative estimate of drug-likeness (QED) is 0.450. The Kier molecular flexibility index (Phi) is 6.40. The van der Waals surface area contributed by atoms with Gasteiger partial charge in [-0.15, -0.1) is 0 Å². The van der Waals surface area contributed by atoms with Crippen molar-refractivity contribution in [2.45, 2.75) is 37.5 Å². The molecule has 1 aliphatic heterocycles. The lowest BCUT2D eigenvalue weighted by atomic mass is 9.85. The monoisotopic (exact) mass is 480 g/mol. The van der Waals surface area contributed by atoms with Crippen LogP contribution in [0, 0.1) is 0 Å². The molecule has 2 aromatic heterocycles. The molecular formula is C25H28N4O6. The van der Waals surface area contributed by atoms with Gasteiger partial charge in [0.15, 0.2) is 17.1 Å².